The Hall–Kier alpha value is -0.960. The molecule has 6 nitrogen and oxygen atoms in total. The molecule has 0 unspecified atom stereocenters. The van der Waals surface area contributed by atoms with Crippen LogP contribution in [0.4, 0.5) is 0 Å². The summed E-state index contributed by atoms with van der Waals surface area (Å²) in [5.74, 6) is -0.311. The van der Waals surface area contributed by atoms with E-state index < -0.39 is 10.0 Å². The summed E-state index contributed by atoms with van der Waals surface area (Å²) in [4.78, 5) is 14.7. The van der Waals surface area contributed by atoms with Gasteiger partial charge in [0.2, 0.25) is 10.0 Å². The molecule has 1 saturated heterocycles. The van der Waals surface area contributed by atoms with Gasteiger partial charge in [0, 0.05) is 18.6 Å². The number of sulfonamides is 1. The first kappa shape index (κ1) is 18.4. The fourth-order valence-corrected chi connectivity index (χ4v) is 4.51. The van der Waals surface area contributed by atoms with Crippen LogP contribution in [0.1, 0.15) is 36.4 Å². The molecule has 1 aromatic rings. The summed E-state index contributed by atoms with van der Waals surface area (Å²) in [6, 6.07) is 4.01. The van der Waals surface area contributed by atoms with E-state index in [9.17, 15) is 13.2 Å². The number of piperidine rings is 1. The molecule has 130 valence electrons. The van der Waals surface area contributed by atoms with Crippen molar-refractivity contribution in [1.29, 1.82) is 0 Å². The number of rotatable bonds is 7. The van der Waals surface area contributed by atoms with E-state index in [1.165, 1.54) is 11.3 Å². The van der Waals surface area contributed by atoms with E-state index in [0.29, 0.717) is 10.9 Å². The van der Waals surface area contributed by atoms with Crippen LogP contribution in [-0.4, -0.2) is 56.7 Å². The van der Waals surface area contributed by atoms with Gasteiger partial charge in [0.1, 0.15) is 0 Å². The van der Waals surface area contributed by atoms with Crippen molar-refractivity contribution in [3.05, 3.63) is 22.4 Å². The van der Waals surface area contributed by atoms with Gasteiger partial charge in [-0.1, -0.05) is 6.07 Å². The van der Waals surface area contributed by atoms with E-state index in [-0.39, 0.29) is 24.2 Å². The van der Waals surface area contributed by atoms with Crippen molar-refractivity contribution in [3.8, 4) is 0 Å². The van der Waals surface area contributed by atoms with Gasteiger partial charge >= 0.3 is 0 Å². The predicted octanol–water partition coefficient (Wildman–Crippen LogP) is 1.27. The van der Waals surface area contributed by atoms with E-state index in [2.05, 4.69) is 28.8 Å². The maximum Gasteiger partial charge on any atom is 0.261 e. The van der Waals surface area contributed by atoms with Crippen molar-refractivity contribution in [2.24, 2.45) is 0 Å². The number of hydrogen-bond acceptors (Lipinski definition) is 5. The van der Waals surface area contributed by atoms with Gasteiger partial charge in [0.25, 0.3) is 5.91 Å². The van der Waals surface area contributed by atoms with Crippen LogP contribution >= 0.6 is 11.3 Å². The minimum Gasteiger partial charge on any atom is -0.350 e. The van der Waals surface area contributed by atoms with Gasteiger partial charge in [-0.25, -0.2) is 13.1 Å². The third-order valence-electron chi connectivity index (χ3n) is 4.01. The highest BCUT2D eigenvalue weighted by atomic mass is 32.2. The molecule has 23 heavy (non-hydrogen) atoms. The maximum atomic E-state index is 12.1. The number of likely N-dealkylation sites (tertiary alicyclic amines) is 1. The van der Waals surface area contributed by atoms with Crippen LogP contribution in [0.2, 0.25) is 0 Å². The summed E-state index contributed by atoms with van der Waals surface area (Å²) in [5, 5.41) is 4.46. The van der Waals surface area contributed by atoms with Crippen molar-refractivity contribution >= 4 is 27.3 Å². The molecule has 2 N–H and O–H groups in total. The molecule has 0 bridgehead atoms. The van der Waals surface area contributed by atoms with Gasteiger partial charge in [-0.3, -0.25) is 4.79 Å². The zero-order valence-corrected chi connectivity index (χ0v) is 15.3. The molecule has 2 heterocycles. The Morgan fingerprint density at radius 3 is 2.65 bits per heavy atom. The average Bonchev–Trinajstić information content (AvgIpc) is 3.01. The summed E-state index contributed by atoms with van der Waals surface area (Å²) in [7, 11) is -3.36. The molecule has 8 heteroatoms. The molecular weight excluding hydrogens is 334 g/mol. The van der Waals surface area contributed by atoms with Crippen LogP contribution in [0, 0.1) is 0 Å². The second-order valence-electron chi connectivity index (χ2n) is 6.07. The quantitative estimate of drug-likeness (QED) is 0.768. The second-order valence-corrected chi connectivity index (χ2v) is 8.90. The summed E-state index contributed by atoms with van der Waals surface area (Å²) >= 11 is 1.34. The van der Waals surface area contributed by atoms with Crippen LogP contribution < -0.4 is 10.0 Å². The van der Waals surface area contributed by atoms with Crippen LogP contribution in [0.15, 0.2) is 17.5 Å². The number of nitrogens with one attached hydrogen (secondary N) is 2. The lowest BCUT2D eigenvalue weighted by Crippen LogP contribution is -2.47. The molecule has 1 aliphatic rings. The number of carbonyl (C=O) groups excluding carboxylic acids is 1. The molecule has 0 radical (unpaired) electrons. The highest BCUT2D eigenvalue weighted by molar-refractivity contribution is 7.89. The highest BCUT2D eigenvalue weighted by Crippen LogP contribution is 2.13. The standard InChI is InChI=1S/C15H25N3O3S2/c1-12(2)18-8-5-13(6-9-18)17-23(20,21)11-7-16-15(19)14-4-3-10-22-14/h3-4,10,12-13,17H,5-9,11H2,1-2H3,(H,16,19). The molecule has 0 aromatic carbocycles. The lowest BCUT2D eigenvalue weighted by molar-refractivity contribution is 0.0960. The Morgan fingerprint density at radius 1 is 1.39 bits per heavy atom. The lowest BCUT2D eigenvalue weighted by Gasteiger charge is -2.34. The van der Waals surface area contributed by atoms with Crippen molar-refractivity contribution < 1.29 is 13.2 Å². The normalized spacial score (nSPS) is 17.5. The zero-order valence-electron chi connectivity index (χ0n) is 13.6. The molecule has 1 aromatic heterocycles. The van der Waals surface area contributed by atoms with Gasteiger partial charge in [-0.2, -0.15) is 0 Å². The minimum atomic E-state index is -3.36. The Bertz CT molecular complexity index is 591. The number of carbonyl (C=O) groups is 1. The predicted molar refractivity (Wildman–Crippen MR) is 93.3 cm³/mol. The van der Waals surface area contributed by atoms with E-state index in [1.54, 1.807) is 12.1 Å². The fourth-order valence-electron chi connectivity index (χ4n) is 2.64. The van der Waals surface area contributed by atoms with Crippen molar-refractivity contribution in [3.63, 3.8) is 0 Å². The summed E-state index contributed by atoms with van der Waals surface area (Å²) in [5.41, 5.74) is 0. The molecule has 0 spiro atoms. The Balaban J connectivity index is 1.71. The third kappa shape index (κ3) is 5.87. The molecule has 2 rings (SSSR count). The van der Waals surface area contributed by atoms with Crippen LogP contribution in [0.3, 0.4) is 0 Å². The third-order valence-corrected chi connectivity index (χ3v) is 6.31. The van der Waals surface area contributed by atoms with Crippen molar-refractivity contribution in [2.45, 2.75) is 38.8 Å². The number of amides is 1. The molecule has 1 aliphatic heterocycles. The SMILES string of the molecule is CC(C)N1CCC(NS(=O)(=O)CCNC(=O)c2cccs2)CC1. The molecular formula is C15H25N3O3S2. The Morgan fingerprint density at radius 2 is 2.09 bits per heavy atom. The molecule has 0 atom stereocenters. The second kappa shape index (κ2) is 8.23. The van der Waals surface area contributed by atoms with E-state index in [4.69, 9.17) is 0 Å². The van der Waals surface area contributed by atoms with Gasteiger partial charge in [0.15, 0.2) is 0 Å². The van der Waals surface area contributed by atoms with Gasteiger partial charge in [0.05, 0.1) is 10.6 Å². The number of nitrogens with zero attached hydrogens (tertiary/aromatic N) is 1. The topological polar surface area (TPSA) is 78.5 Å². The smallest absolute Gasteiger partial charge is 0.261 e. The van der Waals surface area contributed by atoms with Crippen LogP contribution in [-0.2, 0) is 10.0 Å². The first-order valence-corrected chi connectivity index (χ1v) is 10.5. The summed E-state index contributed by atoms with van der Waals surface area (Å²) in [6.07, 6.45) is 1.66. The van der Waals surface area contributed by atoms with Gasteiger partial charge in [-0.15, -0.1) is 11.3 Å². The van der Waals surface area contributed by atoms with Gasteiger partial charge in [-0.05, 0) is 51.2 Å². The number of thiophene rings is 1. The summed E-state index contributed by atoms with van der Waals surface area (Å²) < 4.78 is 27.0. The molecule has 0 aliphatic carbocycles. The number of hydrogen-bond donors (Lipinski definition) is 2. The van der Waals surface area contributed by atoms with Crippen LogP contribution in [0.5, 0.6) is 0 Å². The zero-order chi connectivity index (χ0) is 16.9. The first-order chi connectivity index (χ1) is 10.9. The molecule has 1 fully saturated rings. The monoisotopic (exact) mass is 359 g/mol. The molecule has 0 saturated carbocycles. The van der Waals surface area contributed by atoms with Crippen molar-refractivity contribution in [1.82, 2.24) is 14.9 Å². The fraction of sp³-hybridized carbons (Fsp3) is 0.667. The summed E-state index contributed by atoms with van der Waals surface area (Å²) in [6.45, 7) is 6.26. The van der Waals surface area contributed by atoms with Gasteiger partial charge < -0.3 is 10.2 Å². The Kier molecular flexibility index (Phi) is 6.58. The first-order valence-electron chi connectivity index (χ1n) is 7.93. The van der Waals surface area contributed by atoms with E-state index in [1.807, 2.05) is 5.38 Å². The van der Waals surface area contributed by atoms with E-state index >= 15 is 0 Å². The lowest BCUT2D eigenvalue weighted by atomic mass is 10.1. The Labute approximate surface area is 142 Å². The van der Waals surface area contributed by atoms with E-state index in [0.717, 1.165) is 25.9 Å². The van der Waals surface area contributed by atoms with Crippen molar-refractivity contribution in [2.75, 3.05) is 25.4 Å². The maximum absolute atomic E-state index is 12.1. The molecule has 1 amide bonds. The highest BCUT2D eigenvalue weighted by Gasteiger charge is 2.24. The van der Waals surface area contributed by atoms with Crippen LogP contribution in [0.25, 0.3) is 0 Å². The average molecular weight is 360 g/mol. The largest absolute Gasteiger partial charge is 0.350 e. The minimum absolute atomic E-state index is 0.00278.